The van der Waals surface area contributed by atoms with Crippen LogP contribution in [0.4, 0.5) is 0 Å². The van der Waals surface area contributed by atoms with Crippen LogP contribution in [0.5, 0.6) is 0 Å². The summed E-state index contributed by atoms with van der Waals surface area (Å²) in [6.45, 7) is 5.14. The summed E-state index contributed by atoms with van der Waals surface area (Å²) in [5.41, 5.74) is 1.11. The number of nitrogens with zero attached hydrogens (tertiary/aromatic N) is 1. The van der Waals surface area contributed by atoms with Crippen molar-refractivity contribution in [2.45, 2.75) is 13.3 Å². The summed E-state index contributed by atoms with van der Waals surface area (Å²) >= 11 is 0. The molecule has 1 heterocycles. The van der Waals surface area contributed by atoms with Crippen LogP contribution in [0.25, 0.3) is 6.08 Å². The molecule has 0 aromatic carbocycles. The zero-order chi connectivity index (χ0) is 10.1. The molecule has 0 amide bonds. The van der Waals surface area contributed by atoms with Crippen molar-refractivity contribution >= 4 is 12.0 Å². The number of carbonyl (C=O) groups is 1. The first-order chi connectivity index (χ1) is 6.20. The fourth-order valence-electron chi connectivity index (χ4n) is 0.500. The van der Waals surface area contributed by atoms with Crippen LogP contribution in [0.2, 0.25) is 0 Å². The molecule has 0 aliphatic carbocycles. The third-order valence-electron chi connectivity index (χ3n) is 1.23. The molecule has 0 saturated carbocycles. The quantitative estimate of drug-likeness (QED) is 0.514. The van der Waals surface area contributed by atoms with E-state index in [-0.39, 0.29) is 36.0 Å². The van der Waals surface area contributed by atoms with Crippen molar-refractivity contribution < 1.29 is 39.5 Å². The molecule has 0 unspecified atom stereocenters. The summed E-state index contributed by atoms with van der Waals surface area (Å²) in [6, 6.07) is 3.82. The van der Waals surface area contributed by atoms with Gasteiger partial charge >= 0.3 is 29.6 Å². The van der Waals surface area contributed by atoms with Crippen LogP contribution in [-0.4, -0.2) is 11.0 Å². The van der Waals surface area contributed by atoms with Crippen LogP contribution in [0.3, 0.4) is 0 Å². The molecule has 0 fully saturated rings. The van der Waals surface area contributed by atoms with Gasteiger partial charge in [0.15, 0.2) is 0 Å². The molecule has 70 valence electrons. The van der Waals surface area contributed by atoms with E-state index in [9.17, 15) is 9.90 Å². The van der Waals surface area contributed by atoms with E-state index in [0.29, 0.717) is 0 Å². The second kappa shape index (κ2) is 10.4. The van der Waals surface area contributed by atoms with Gasteiger partial charge in [0, 0.05) is 18.4 Å². The minimum absolute atomic E-state index is 0. The smallest absolute Gasteiger partial charge is 0.550 e. The molecule has 0 aliphatic heterocycles. The van der Waals surface area contributed by atoms with Crippen molar-refractivity contribution in [1.82, 2.24) is 4.98 Å². The van der Waals surface area contributed by atoms with Gasteiger partial charge in [-0.25, -0.2) is 0 Å². The fraction of sp³-hybridized carbons (Fsp3) is 0.200. The number of hydrogen-bond donors (Lipinski definition) is 0. The number of aromatic nitrogens is 1. The zero-order valence-electron chi connectivity index (χ0n) is 8.56. The Morgan fingerprint density at radius 1 is 1.57 bits per heavy atom. The van der Waals surface area contributed by atoms with Crippen molar-refractivity contribution in [3.8, 4) is 0 Å². The summed E-state index contributed by atoms with van der Waals surface area (Å²) < 4.78 is 0. The summed E-state index contributed by atoms with van der Waals surface area (Å²) in [7, 11) is 0. The molecule has 3 nitrogen and oxygen atoms in total. The Hall–Kier alpha value is -0.640. The number of carboxylic acid groups (broad SMARTS) is 1. The first-order valence-electron chi connectivity index (χ1n) is 3.93. The molecule has 0 bridgehead atoms. The third kappa shape index (κ3) is 9.45. The van der Waals surface area contributed by atoms with Crippen molar-refractivity contribution in [3.63, 3.8) is 0 Å². The molecule has 1 aromatic rings. The van der Waals surface area contributed by atoms with E-state index in [1.54, 1.807) is 18.5 Å². The van der Waals surface area contributed by atoms with Gasteiger partial charge in [-0.15, -0.1) is 0 Å². The topological polar surface area (TPSA) is 53.0 Å². The maximum absolute atomic E-state index is 9.26. The van der Waals surface area contributed by atoms with Crippen molar-refractivity contribution in [3.05, 3.63) is 36.7 Å². The first-order valence-corrected chi connectivity index (χ1v) is 3.93. The van der Waals surface area contributed by atoms with E-state index in [2.05, 4.69) is 11.6 Å². The second-order valence-corrected chi connectivity index (χ2v) is 2.21. The molecule has 14 heavy (non-hydrogen) atoms. The van der Waals surface area contributed by atoms with Crippen LogP contribution in [0.15, 0.2) is 31.1 Å². The fourth-order valence-corrected chi connectivity index (χ4v) is 0.500. The van der Waals surface area contributed by atoms with Crippen molar-refractivity contribution in [1.29, 1.82) is 0 Å². The summed E-state index contributed by atoms with van der Waals surface area (Å²) in [6.07, 6.45) is 5.40. The van der Waals surface area contributed by atoms with Gasteiger partial charge in [-0.2, -0.15) is 0 Å². The average molecular weight is 201 g/mol. The number of carbonyl (C=O) groups excluding carboxylic acids is 1. The summed E-state index contributed by atoms with van der Waals surface area (Å²) in [5, 5.41) is 9.26. The number of carboxylic acids is 1. The number of hydrogen-bond acceptors (Lipinski definition) is 3. The Kier molecular flexibility index (Phi) is 11.8. The molecule has 0 atom stereocenters. The SMILES string of the molecule is C=Cc1ccncc1.CCC(=O)[O-].[Na+]. The standard InChI is InChI=1S/C7H7N.C3H6O2.Na/c1-2-7-3-5-8-6-4-7;1-2-3(4)5;/h2-6H,1H2;2H2,1H3,(H,4,5);/q;;+1/p-1. The molecule has 0 N–H and O–H groups in total. The van der Waals surface area contributed by atoms with E-state index in [4.69, 9.17) is 0 Å². The Bertz CT molecular complexity index is 262. The zero-order valence-corrected chi connectivity index (χ0v) is 10.6. The predicted octanol–water partition coefficient (Wildman–Crippen LogP) is -2.13. The summed E-state index contributed by atoms with van der Waals surface area (Å²) in [5.74, 6) is -0.995. The van der Waals surface area contributed by atoms with Gasteiger partial charge in [-0.3, -0.25) is 4.98 Å². The monoisotopic (exact) mass is 201 g/mol. The van der Waals surface area contributed by atoms with Gasteiger partial charge in [0.25, 0.3) is 0 Å². The average Bonchev–Trinajstić information content (AvgIpc) is 2.20. The van der Waals surface area contributed by atoms with Crippen LogP contribution < -0.4 is 34.7 Å². The van der Waals surface area contributed by atoms with Crippen molar-refractivity contribution in [2.24, 2.45) is 0 Å². The molecule has 0 spiro atoms. The second-order valence-electron chi connectivity index (χ2n) is 2.21. The van der Waals surface area contributed by atoms with Crippen LogP contribution in [-0.2, 0) is 4.79 Å². The Morgan fingerprint density at radius 3 is 2.21 bits per heavy atom. The molecule has 4 heteroatoms. The predicted molar refractivity (Wildman–Crippen MR) is 49.6 cm³/mol. The molecule has 0 aliphatic rings. The molecule has 0 saturated heterocycles. The Morgan fingerprint density at radius 2 is 2.00 bits per heavy atom. The van der Waals surface area contributed by atoms with E-state index in [1.807, 2.05) is 12.1 Å². The van der Waals surface area contributed by atoms with E-state index < -0.39 is 5.97 Å². The van der Waals surface area contributed by atoms with Gasteiger partial charge in [-0.1, -0.05) is 19.6 Å². The molecule has 1 rings (SSSR count). The maximum Gasteiger partial charge on any atom is 1.00 e. The first kappa shape index (κ1) is 15.8. The number of aliphatic carboxylic acids is 1. The van der Waals surface area contributed by atoms with Crippen LogP contribution in [0, 0.1) is 0 Å². The minimum atomic E-state index is -0.995. The van der Waals surface area contributed by atoms with E-state index >= 15 is 0 Å². The van der Waals surface area contributed by atoms with E-state index in [1.165, 1.54) is 6.92 Å². The molecular weight excluding hydrogens is 189 g/mol. The van der Waals surface area contributed by atoms with E-state index in [0.717, 1.165) is 5.56 Å². The Labute approximate surface area is 106 Å². The minimum Gasteiger partial charge on any atom is -0.550 e. The van der Waals surface area contributed by atoms with Gasteiger partial charge < -0.3 is 9.90 Å². The number of rotatable bonds is 2. The Balaban J connectivity index is 0. The van der Waals surface area contributed by atoms with Gasteiger partial charge in [0.05, 0.1) is 0 Å². The largest absolute Gasteiger partial charge is 1.00 e. The molecule has 0 radical (unpaired) electrons. The molecule has 1 aromatic heterocycles. The number of pyridine rings is 1. The van der Waals surface area contributed by atoms with Gasteiger partial charge in [0.2, 0.25) is 0 Å². The summed E-state index contributed by atoms with van der Waals surface area (Å²) in [4.78, 5) is 13.1. The molecular formula is C10H12NNaO2. The normalized spacial score (nSPS) is 7.50. The van der Waals surface area contributed by atoms with Crippen LogP contribution >= 0.6 is 0 Å². The van der Waals surface area contributed by atoms with Crippen molar-refractivity contribution in [2.75, 3.05) is 0 Å². The van der Waals surface area contributed by atoms with Gasteiger partial charge in [0.1, 0.15) is 0 Å². The van der Waals surface area contributed by atoms with Gasteiger partial charge in [-0.05, 0) is 24.1 Å². The van der Waals surface area contributed by atoms with Crippen LogP contribution in [0.1, 0.15) is 18.9 Å². The maximum atomic E-state index is 9.26. The third-order valence-corrected chi connectivity index (χ3v) is 1.23.